The maximum atomic E-state index is 10.3. The lowest BCUT2D eigenvalue weighted by Crippen LogP contribution is -2.45. The van der Waals surface area contributed by atoms with Gasteiger partial charge in [-0.05, 0) is 0 Å². The Morgan fingerprint density at radius 1 is 1.40 bits per heavy atom. The summed E-state index contributed by atoms with van der Waals surface area (Å²) in [6.45, 7) is 0. The van der Waals surface area contributed by atoms with Gasteiger partial charge in [0.25, 0.3) is 0 Å². The van der Waals surface area contributed by atoms with Gasteiger partial charge < -0.3 is 0 Å². The zero-order chi connectivity index (χ0) is 8.58. The lowest BCUT2D eigenvalue weighted by atomic mass is 11.3. The highest BCUT2D eigenvalue weighted by atomic mass is 32.3. The van der Waals surface area contributed by atoms with E-state index in [1.165, 1.54) is 0 Å². The molecule has 0 aliphatic heterocycles. The SMILES string of the molecule is C[N+](C)(S(=O)O)S(=O)(=O)O. The largest absolute Gasteiger partial charge is 0.447 e. The molecular weight excluding hydrogens is 182 g/mol. The van der Waals surface area contributed by atoms with Crippen LogP contribution in [-0.4, -0.2) is 39.1 Å². The van der Waals surface area contributed by atoms with Crippen LogP contribution in [0.3, 0.4) is 0 Å². The molecule has 0 rings (SSSR count). The molecule has 0 fully saturated rings. The van der Waals surface area contributed by atoms with Crippen molar-refractivity contribution in [2.75, 3.05) is 14.1 Å². The predicted octanol–water partition coefficient (Wildman–Crippen LogP) is -0.998. The fraction of sp³-hybridized carbons (Fsp3) is 1.00. The smallest absolute Gasteiger partial charge is 0.260 e. The highest BCUT2D eigenvalue weighted by molar-refractivity contribution is 7.89. The second-order valence-corrected chi connectivity index (χ2v) is 5.34. The second-order valence-electron chi connectivity index (χ2n) is 1.93. The first-order valence-corrected chi connectivity index (χ1v) is 4.59. The Kier molecular flexibility index (Phi) is 2.54. The zero-order valence-electron chi connectivity index (χ0n) is 5.38. The highest BCUT2D eigenvalue weighted by Gasteiger charge is 2.37. The van der Waals surface area contributed by atoms with E-state index >= 15 is 0 Å². The van der Waals surface area contributed by atoms with Crippen molar-refractivity contribution in [2.24, 2.45) is 0 Å². The molecule has 1 unspecified atom stereocenters. The number of rotatable bonds is 2. The number of hydrogen-bond donors (Lipinski definition) is 2. The molecule has 62 valence electrons. The van der Waals surface area contributed by atoms with Gasteiger partial charge in [0, 0.05) is 0 Å². The van der Waals surface area contributed by atoms with Crippen molar-refractivity contribution in [3.05, 3.63) is 0 Å². The van der Waals surface area contributed by atoms with Crippen molar-refractivity contribution >= 4 is 21.6 Å². The third kappa shape index (κ3) is 1.73. The Hall–Kier alpha value is -0.0200. The van der Waals surface area contributed by atoms with Crippen LogP contribution in [0.15, 0.2) is 0 Å². The summed E-state index contributed by atoms with van der Waals surface area (Å²) in [7, 11) is -2.73. The topological polar surface area (TPSA) is 91.7 Å². The lowest BCUT2D eigenvalue weighted by Gasteiger charge is -2.16. The van der Waals surface area contributed by atoms with Crippen LogP contribution in [-0.2, 0) is 21.6 Å². The second kappa shape index (κ2) is 2.55. The van der Waals surface area contributed by atoms with Crippen LogP contribution in [0.4, 0.5) is 0 Å². The molecule has 0 saturated heterocycles. The molecule has 0 aromatic carbocycles. The van der Waals surface area contributed by atoms with Gasteiger partial charge in [0.1, 0.15) is 14.1 Å². The number of quaternary nitrogens is 1. The third-order valence-corrected chi connectivity index (χ3v) is 3.74. The fourth-order valence-electron chi connectivity index (χ4n) is 0.0806. The summed E-state index contributed by atoms with van der Waals surface area (Å²) in [6, 6.07) is 0. The minimum atomic E-state index is -4.51. The summed E-state index contributed by atoms with van der Waals surface area (Å²) in [5.74, 6) is 0. The fourth-order valence-corrected chi connectivity index (χ4v) is 0.725. The van der Waals surface area contributed by atoms with Gasteiger partial charge in [-0.15, -0.1) is 8.42 Å². The molecule has 2 N–H and O–H groups in total. The van der Waals surface area contributed by atoms with Crippen molar-refractivity contribution in [2.45, 2.75) is 0 Å². The predicted molar refractivity (Wildman–Crippen MR) is 34.4 cm³/mol. The van der Waals surface area contributed by atoms with Gasteiger partial charge in [-0.2, -0.15) is 4.21 Å². The van der Waals surface area contributed by atoms with E-state index in [0.717, 1.165) is 14.1 Å². The van der Waals surface area contributed by atoms with Gasteiger partial charge in [-0.3, -0.25) is 4.55 Å². The Labute approximate surface area is 61.4 Å². The molecular formula is C2H8NO5S2+. The van der Waals surface area contributed by atoms with E-state index in [1.54, 1.807) is 0 Å². The summed E-state index contributed by atoms with van der Waals surface area (Å²) in [6.07, 6.45) is 0. The van der Waals surface area contributed by atoms with E-state index in [-0.39, 0.29) is 0 Å². The molecule has 0 aliphatic rings. The maximum absolute atomic E-state index is 10.3. The molecule has 0 aromatic heterocycles. The molecule has 0 heterocycles. The van der Waals surface area contributed by atoms with E-state index in [2.05, 4.69) is 0 Å². The standard InChI is InChI=1S/C2H7NO5S2/c1-3(2,9(4)5)10(6,7)8/h1-2H3,(H-,4,5,6,7,8)/p+1. The molecule has 0 aliphatic carbocycles. The van der Waals surface area contributed by atoms with E-state index in [0.29, 0.717) is 0 Å². The Balaban J connectivity index is 4.95. The molecule has 0 radical (unpaired) electrons. The summed E-state index contributed by atoms with van der Waals surface area (Å²) in [4.78, 5) is 0. The number of nitrogens with zero attached hydrogens (tertiary/aromatic N) is 1. The van der Waals surface area contributed by atoms with Gasteiger partial charge >= 0.3 is 21.6 Å². The molecule has 10 heavy (non-hydrogen) atoms. The first kappa shape index (κ1) is 9.98. The van der Waals surface area contributed by atoms with E-state index < -0.39 is 24.9 Å². The molecule has 6 nitrogen and oxygen atoms in total. The van der Waals surface area contributed by atoms with Crippen LogP contribution in [0.5, 0.6) is 0 Å². The Morgan fingerprint density at radius 3 is 1.70 bits per heavy atom. The van der Waals surface area contributed by atoms with E-state index in [9.17, 15) is 12.6 Å². The van der Waals surface area contributed by atoms with Crippen molar-refractivity contribution in [3.8, 4) is 0 Å². The minimum Gasteiger partial charge on any atom is -0.260 e. The van der Waals surface area contributed by atoms with Gasteiger partial charge in [0.15, 0.2) is 0 Å². The monoisotopic (exact) mass is 190 g/mol. The van der Waals surface area contributed by atoms with Crippen LogP contribution >= 0.6 is 0 Å². The Bertz CT molecular complexity index is 240. The van der Waals surface area contributed by atoms with Gasteiger partial charge in [-0.25, -0.2) is 4.55 Å². The van der Waals surface area contributed by atoms with Gasteiger partial charge in [0.2, 0.25) is 0 Å². The van der Waals surface area contributed by atoms with Crippen LogP contribution in [0.25, 0.3) is 0 Å². The third-order valence-electron chi connectivity index (χ3n) is 0.932. The molecule has 0 aromatic rings. The van der Waals surface area contributed by atoms with Crippen LogP contribution in [0.2, 0.25) is 0 Å². The number of hydrogen-bond acceptors (Lipinski definition) is 3. The van der Waals surface area contributed by atoms with Crippen LogP contribution in [0.1, 0.15) is 0 Å². The van der Waals surface area contributed by atoms with Crippen molar-refractivity contribution in [1.82, 2.24) is 0 Å². The lowest BCUT2D eigenvalue weighted by molar-refractivity contribution is -0.626. The normalized spacial score (nSPS) is 16.8. The Morgan fingerprint density at radius 2 is 1.70 bits per heavy atom. The highest BCUT2D eigenvalue weighted by Crippen LogP contribution is 2.07. The van der Waals surface area contributed by atoms with E-state index in [4.69, 9.17) is 9.11 Å². The van der Waals surface area contributed by atoms with Crippen molar-refractivity contribution in [1.29, 1.82) is 0 Å². The minimum absolute atomic E-state index is 0.894. The van der Waals surface area contributed by atoms with Gasteiger partial charge in [0.05, 0.1) is 0 Å². The summed E-state index contributed by atoms with van der Waals surface area (Å²) in [5, 5.41) is 0. The first-order chi connectivity index (χ1) is 4.19. The average Bonchev–Trinajstić information content (AvgIpc) is 1.62. The van der Waals surface area contributed by atoms with Gasteiger partial charge in [-0.1, -0.05) is 3.29 Å². The zero-order valence-corrected chi connectivity index (χ0v) is 7.02. The maximum Gasteiger partial charge on any atom is 0.447 e. The van der Waals surface area contributed by atoms with Crippen LogP contribution in [0, 0.1) is 0 Å². The summed E-state index contributed by atoms with van der Waals surface area (Å²) < 4.78 is 46.0. The molecule has 8 heteroatoms. The molecule has 0 spiro atoms. The summed E-state index contributed by atoms with van der Waals surface area (Å²) >= 11 is -2.65. The van der Waals surface area contributed by atoms with Crippen molar-refractivity contribution < 1.29 is 25.0 Å². The average molecular weight is 190 g/mol. The first-order valence-electron chi connectivity index (χ1n) is 2.12. The van der Waals surface area contributed by atoms with Crippen LogP contribution < -0.4 is 0 Å². The molecule has 1 atom stereocenters. The molecule has 0 saturated carbocycles. The quantitative estimate of drug-likeness (QED) is 0.331. The molecule has 0 amide bonds. The van der Waals surface area contributed by atoms with E-state index in [1.807, 2.05) is 0 Å². The summed E-state index contributed by atoms with van der Waals surface area (Å²) in [5.41, 5.74) is 0. The van der Waals surface area contributed by atoms with Crippen molar-refractivity contribution in [3.63, 3.8) is 0 Å². The molecule has 0 bridgehead atoms.